The van der Waals surface area contributed by atoms with Crippen molar-refractivity contribution in [1.29, 1.82) is 0 Å². The lowest BCUT2D eigenvalue weighted by Gasteiger charge is -2.14. The molecule has 2 nitrogen and oxygen atoms in total. The van der Waals surface area contributed by atoms with Gasteiger partial charge in [-0.2, -0.15) is 0 Å². The van der Waals surface area contributed by atoms with Crippen molar-refractivity contribution in [3.8, 4) is 16.9 Å². The van der Waals surface area contributed by atoms with Gasteiger partial charge in [-0.05, 0) is 41.0 Å². The van der Waals surface area contributed by atoms with Gasteiger partial charge in [0, 0.05) is 17.6 Å². The second-order valence-electron chi connectivity index (χ2n) is 5.07. The van der Waals surface area contributed by atoms with E-state index in [9.17, 15) is 0 Å². The molecule has 0 bridgehead atoms. The zero-order valence-corrected chi connectivity index (χ0v) is 12.9. The third-order valence-corrected chi connectivity index (χ3v) is 3.38. The van der Waals surface area contributed by atoms with Crippen LogP contribution in [0.4, 0.5) is 0 Å². The second-order valence-corrected chi connectivity index (χ2v) is 5.51. The van der Waals surface area contributed by atoms with Gasteiger partial charge in [0.25, 0.3) is 0 Å². The minimum Gasteiger partial charge on any atom is -0.497 e. The van der Waals surface area contributed by atoms with Gasteiger partial charge in [0.1, 0.15) is 5.75 Å². The lowest BCUT2D eigenvalue weighted by molar-refractivity contribution is 0.414. The van der Waals surface area contributed by atoms with Crippen LogP contribution in [0.1, 0.15) is 19.4 Å². The Balaban J connectivity index is 2.40. The predicted molar refractivity (Wildman–Crippen MR) is 85.4 cm³/mol. The molecule has 0 radical (unpaired) electrons. The highest BCUT2D eigenvalue weighted by Crippen LogP contribution is 2.29. The van der Waals surface area contributed by atoms with Crippen LogP contribution in [0.3, 0.4) is 0 Å². The molecule has 0 saturated carbocycles. The number of hydrogen-bond donors (Lipinski definition) is 1. The molecule has 0 saturated heterocycles. The number of hydrogen-bond acceptors (Lipinski definition) is 2. The Morgan fingerprint density at radius 3 is 2.60 bits per heavy atom. The Bertz CT molecular complexity index is 581. The smallest absolute Gasteiger partial charge is 0.119 e. The van der Waals surface area contributed by atoms with E-state index in [0.717, 1.165) is 22.9 Å². The Hall–Kier alpha value is -1.51. The minimum absolute atomic E-state index is 0.438. The van der Waals surface area contributed by atoms with Gasteiger partial charge < -0.3 is 10.1 Å². The van der Waals surface area contributed by atoms with Crippen LogP contribution in [0.25, 0.3) is 11.1 Å². The average molecular weight is 290 g/mol. The molecular formula is C17H20ClNO. The van der Waals surface area contributed by atoms with Crippen molar-refractivity contribution >= 4 is 11.6 Å². The van der Waals surface area contributed by atoms with Crippen LogP contribution >= 0.6 is 11.6 Å². The van der Waals surface area contributed by atoms with E-state index in [-0.39, 0.29) is 0 Å². The molecule has 0 fully saturated rings. The normalized spacial score (nSPS) is 10.8. The Labute approximate surface area is 125 Å². The van der Waals surface area contributed by atoms with Gasteiger partial charge in [-0.15, -0.1) is 0 Å². The number of halogens is 1. The molecule has 0 aliphatic carbocycles. The molecule has 106 valence electrons. The molecule has 0 heterocycles. The van der Waals surface area contributed by atoms with Crippen LogP contribution in [-0.2, 0) is 6.54 Å². The highest BCUT2D eigenvalue weighted by atomic mass is 35.5. The van der Waals surface area contributed by atoms with E-state index in [1.54, 1.807) is 7.11 Å². The third-order valence-electron chi connectivity index (χ3n) is 3.15. The quantitative estimate of drug-likeness (QED) is 0.874. The fourth-order valence-electron chi connectivity index (χ4n) is 2.10. The first-order valence-corrected chi connectivity index (χ1v) is 7.14. The van der Waals surface area contributed by atoms with Gasteiger partial charge in [-0.25, -0.2) is 0 Å². The van der Waals surface area contributed by atoms with E-state index in [4.69, 9.17) is 16.3 Å². The lowest BCUT2D eigenvalue weighted by atomic mass is 9.99. The number of rotatable bonds is 5. The number of ether oxygens (including phenoxy) is 1. The van der Waals surface area contributed by atoms with Crippen LogP contribution < -0.4 is 10.1 Å². The minimum atomic E-state index is 0.438. The van der Waals surface area contributed by atoms with Crippen molar-refractivity contribution in [2.75, 3.05) is 7.11 Å². The van der Waals surface area contributed by atoms with E-state index >= 15 is 0 Å². The summed E-state index contributed by atoms with van der Waals surface area (Å²) in [4.78, 5) is 0. The summed E-state index contributed by atoms with van der Waals surface area (Å²) < 4.78 is 5.32. The van der Waals surface area contributed by atoms with Crippen LogP contribution in [0.5, 0.6) is 5.75 Å². The van der Waals surface area contributed by atoms with Gasteiger partial charge >= 0.3 is 0 Å². The largest absolute Gasteiger partial charge is 0.497 e. The summed E-state index contributed by atoms with van der Waals surface area (Å²) >= 11 is 6.09. The van der Waals surface area contributed by atoms with Gasteiger partial charge in [0.15, 0.2) is 0 Å². The van der Waals surface area contributed by atoms with E-state index in [0.29, 0.717) is 6.04 Å². The van der Waals surface area contributed by atoms with Gasteiger partial charge in [-0.1, -0.05) is 43.6 Å². The number of benzene rings is 2. The Morgan fingerprint density at radius 1 is 1.15 bits per heavy atom. The van der Waals surface area contributed by atoms with E-state index < -0.39 is 0 Å². The molecule has 0 spiro atoms. The fraction of sp³-hybridized carbons (Fsp3) is 0.294. The highest BCUT2D eigenvalue weighted by Gasteiger charge is 2.08. The summed E-state index contributed by atoms with van der Waals surface area (Å²) in [5, 5.41) is 4.20. The molecule has 2 aromatic carbocycles. The summed E-state index contributed by atoms with van der Waals surface area (Å²) in [5.41, 5.74) is 3.52. The molecule has 0 aliphatic rings. The predicted octanol–water partition coefficient (Wildman–Crippen LogP) is 4.51. The molecule has 0 aliphatic heterocycles. The molecule has 20 heavy (non-hydrogen) atoms. The standard InChI is InChI=1S/C17H20ClNO/c1-12(2)19-11-14-10-16(20-3)7-8-17(14)13-5-4-6-15(18)9-13/h4-10,12,19H,11H2,1-3H3. The summed E-state index contributed by atoms with van der Waals surface area (Å²) in [6.45, 7) is 5.08. The van der Waals surface area contributed by atoms with Crippen molar-refractivity contribution in [2.45, 2.75) is 26.4 Å². The number of methoxy groups -OCH3 is 1. The van der Waals surface area contributed by atoms with E-state index in [1.165, 1.54) is 11.1 Å². The highest BCUT2D eigenvalue weighted by molar-refractivity contribution is 6.30. The number of nitrogens with one attached hydrogen (secondary N) is 1. The first-order valence-electron chi connectivity index (χ1n) is 6.76. The van der Waals surface area contributed by atoms with Crippen LogP contribution in [0, 0.1) is 0 Å². The van der Waals surface area contributed by atoms with Gasteiger partial charge in [-0.3, -0.25) is 0 Å². The van der Waals surface area contributed by atoms with E-state index in [1.807, 2.05) is 24.3 Å². The summed E-state index contributed by atoms with van der Waals surface area (Å²) in [7, 11) is 1.69. The topological polar surface area (TPSA) is 21.3 Å². The first-order chi connectivity index (χ1) is 9.60. The molecule has 1 N–H and O–H groups in total. The third kappa shape index (κ3) is 3.75. The SMILES string of the molecule is COc1ccc(-c2cccc(Cl)c2)c(CNC(C)C)c1. The second kappa shape index (κ2) is 6.78. The van der Waals surface area contributed by atoms with Crippen molar-refractivity contribution in [3.05, 3.63) is 53.1 Å². The first kappa shape index (κ1) is 14.9. The monoisotopic (exact) mass is 289 g/mol. The van der Waals surface area contributed by atoms with Crippen molar-refractivity contribution in [3.63, 3.8) is 0 Å². The zero-order chi connectivity index (χ0) is 14.5. The maximum Gasteiger partial charge on any atom is 0.119 e. The Kier molecular flexibility index (Phi) is 5.05. The lowest BCUT2D eigenvalue weighted by Crippen LogP contribution is -2.22. The van der Waals surface area contributed by atoms with Crippen molar-refractivity contribution in [1.82, 2.24) is 5.32 Å². The fourth-order valence-corrected chi connectivity index (χ4v) is 2.29. The molecule has 0 atom stereocenters. The average Bonchev–Trinajstić information content (AvgIpc) is 2.44. The molecule has 0 amide bonds. The van der Waals surface area contributed by atoms with Crippen LogP contribution in [-0.4, -0.2) is 13.2 Å². The van der Waals surface area contributed by atoms with E-state index in [2.05, 4.69) is 37.4 Å². The molecule has 3 heteroatoms. The summed E-state index contributed by atoms with van der Waals surface area (Å²) in [6.07, 6.45) is 0. The maximum atomic E-state index is 6.09. The van der Waals surface area contributed by atoms with Crippen molar-refractivity contribution < 1.29 is 4.74 Å². The molecule has 0 aromatic heterocycles. The molecule has 2 rings (SSSR count). The van der Waals surface area contributed by atoms with Crippen LogP contribution in [0.15, 0.2) is 42.5 Å². The molecule has 2 aromatic rings. The molecule has 0 unspecified atom stereocenters. The molecular weight excluding hydrogens is 270 g/mol. The Morgan fingerprint density at radius 2 is 1.95 bits per heavy atom. The maximum absolute atomic E-state index is 6.09. The van der Waals surface area contributed by atoms with Crippen molar-refractivity contribution in [2.24, 2.45) is 0 Å². The van der Waals surface area contributed by atoms with Gasteiger partial charge in [0.2, 0.25) is 0 Å². The zero-order valence-electron chi connectivity index (χ0n) is 12.1. The summed E-state index contributed by atoms with van der Waals surface area (Å²) in [6, 6.07) is 14.5. The van der Waals surface area contributed by atoms with Crippen LogP contribution in [0.2, 0.25) is 5.02 Å². The summed E-state index contributed by atoms with van der Waals surface area (Å²) in [5.74, 6) is 0.872. The van der Waals surface area contributed by atoms with Gasteiger partial charge in [0.05, 0.1) is 7.11 Å².